The van der Waals surface area contributed by atoms with Crippen LogP contribution in [0, 0.1) is 0 Å². The standard InChI is InChI=1S/C5H7NO4.Cu/c7-4-2-1-3(5(8)9)6(4)10;/h3,10H,1-2H2,(H,8,9);/t3-;/m0./s1. The number of carbonyl (C=O) groups excluding carboxylic acids is 1. The number of aliphatic carboxylic acids is 1. The number of rotatable bonds is 1. The molecule has 0 aromatic carbocycles. The summed E-state index contributed by atoms with van der Waals surface area (Å²) in [5, 5.41) is 17.4. The molecule has 1 saturated heterocycles. The van der Waals surface area contributed by atoms with E-state index in [9.17, 15) is 9.59 Å². The number of amides is 1. The van der Waals surface area contributed by atoms with Crippen LogP contribution in [-0.4, -0.2) is 33.3 Å². The van der Waals surface area contributed by atoms with Crippen LogP contribution in [0.5, 0.6) is 0 Å². The Morgan fingerprint density at radius 3 is 2.36 bits per heavy atom. The number of carbonyl (C=O) groups is 2. The molecule has 67 valence electrons. The monoisotopic (exact) mass is 208 g/mol. The number of carboxylic acids is 1. The van der Waals surface area contributed by atoms with Gasteiger partial charge in [-0.3, -0.25) is 10.0 Å². The molecule has 1 aliphatic heterocycles. The van der Waals surface area contributed by atoms with E-state index in [-0.39, 0.29) is 35.0 Å². The van der Waals surface area contributed by atoms with E-state index in [1.54, 1.807) is 0 Å². The zero-order chi connectivity index (χ0) is 7.72. The Labute approximate surface area is 73.4 Å². The average Bonchev–Trinajstić information content (AvgIpc) is 2.14. The van der Waals surface area contributed by atoms with Crippen LogP contribution in [-0.2, 0) is 26.7 Å². The summed E-state index contributed by atoms with van der Waals surface area (Å²) in [6.45, 7) is 0. The first-order chi connectivity index (χ1) is 4.63. The molecule has 2 N–H and O–H groups in total. The largest absolute Gasteiger partial charge is 0.480 e. The smallest absolute Gasteiger partial charge is 0.329 e. The van der Waals surface area contributed by atoms with Crippen molar-refractivity contribution in [3.63, 3.8) is 0 Å². The molecule has 1 heterocycles. The summed E-state index contributed by atoms with van der Waals surface area (Å²) in [6.07, 6.45) is 0.318. The second-order valence-electron chi connectivity index (χ2n) is 2.13. The Bertz CT molecular complexity index is 183. The van der Waals surface area contributed by atoms with Gasteiger partial charge in [0.25, 0.3) is 0 Å². The second-order valence-corrected chi connectivity index (χ2v) is 2.13. The van der Waals surface area contributed by atoms with Crippen molar-refractivity contribution in [1.29, 1.82) is 0 Å². The number of carboxylic acid groups (broad SMARTS) is 1. The van der Waals surface area contributed by atoms with Gasteiger partial charge < -0.3 is 5.11 Å². The van der Waals surface area contributed by atoms with Gasteiger partial charge in [0.15, 0.2) is 6.04 Å². The van der Waals surface area contributed by atoms with E-state index in [1.165, 1.54) is 0 Å². The zero-order valence-electron chi connectivity index (χ0n) is 5.45. The van der Waals surface area contributed by atoms with E-state index in [0.717, 1.165) is 0 Å². The van der Waals surface area contributed by atoms with Gasteiger partial charge in [-0.15, -0.1) is 0 Å². The Morgan fingerprint density at radius 1 is 1.64 bits per heavy atom. The first-order valence-electron chi connectivity index (χ1n) is 2.86. The topological polar surface area (TPSA) is 77.8 Å². The number of hydrogen-bond donors (Lipinski definition) is 2. The van der Waals surface area contributed by atoms with Crippen molar-refractivity contribution in [2.45, 2.75) is 18.9 Å². The summed E-state index contributed by atoms with van der Waals surface area (Å²) in [5.41, 5.74) is 0. The maximum Gasteiger partial charge on any atom is 0.329 e. The molecule has 0 aromatic rings. The van der Waals surface area contributed by atoms with Crippen LogP contribution < -0.4 is 0 Å². The van der Waals surface area contributed by atoms with E-state index in [4.69, 9.17) is 10.3 Å². The van der Waals surface area contributed by atoms with Gasteiger partial charge in [0.1, 0.15) is 0 Å². The predicted molar refractivity (Wildman–Crippen MR) is 29.3 cm³/mol. The quantitative estimate of drug-likeness (QED) is 0.448. The van der Waals surface area contributed by atoms with Crippen LogP contribution in [0.2, 0.25) is 0 Å². The Morgan fingerprint density at radius 2 is 2.18 bits per heavy atom. The molecule has 1 fully saturated rings. The van der Waals surface area contributed by atoms with E-state index >= 15 is 0 Å². The van der Waals surface area contributed by atoms with Gasteiger partial charge in [0.2, 0.25) is 5.91 Å². The Kier molecular flexibility index (Phi) is 3.51. The molecule has 0 saturated carbocycles. The van der Waals surface area contributed by atoms with E-state index in [2.05, 4.69) is 0 Å². The van der Waals surface area contributed by atoms with Gasteiger partial charge in [0, 0.05) is 23.5 Å². The first-order valence-corrected chi connectivity index (χ1v) is 2.86. The van der Waals surface area contributed by atoms with Gasteiger partial charge in [-0.1, -0.05) is 0 Å². The van der Waals surface area contributed by atoms with Crippen molar-refractivity contribution in [3.8, 4) is 0 Å². The summed E-state index contributed by atoms with van der Waals surface area (Å²) in [4.78, 5) is 20.7. The molecule has 0 aliphatic carbocycles. The minimum absolute atomic E-state index is 0. The minimum Gasteiger partial charge on any atom is -0.480 e. The van der Waals surface area contributed by atoms with Gasteiger partial charge in [-0.05, 0) is 6.42 Å². The minimum atomic E-state index is -1.16. The SMILES string of the molecule is O=C(O)[C@@H]1CCC(=O)N1O.[Cu]. The van der Waals surface area contributed by atoms with Crippen LogP contribution in [0.4, 0.5) is 0 Å². The molecular weight excluding hydrogens is 202 g/mol. The number of hydrogen-bond acceptors (Lipinski definition) is 3. The molecule has 1 amide bonds. The molecule has 0 spiro atoms. The van der Waals surface area contributed by atoms with E-state index < -0.39 is 17.9 Å². The Balaban J connectivity index is 0.000001000. The maximum absolute atomic E-state index is 10.5. The van der Waals surface area contributed by atoms with Crippen molar-refractivity contribution in [2.24, 2.45) is 0 Å². The van der Waals surface area contributed by atoms with Crippen LogP contribution >= 0.6 is 0 Å². The van der Waals surface area contributed by atoms with Gasteiger partial charge >= 0.3 is 5.97 Å². The molecule has 5 nitrogen and oxygen atoms in total. The van der Waals surface area contributed by atoms with Crippen LogP contribution in [0.3, 0.4) is 0 Å². The van der Waals surface area contributed by atoms with Crippen molar-refractivity contribution < 1.29 is 37.0 Å². The molecule has 1 rings (SSSR count). The van der Waals surface area contributed by atoms with Crippen molar-refractivity contribution in [1.82, 2.24) is 5.06 Å². The van der Waals surface area contributed by atoms with Crippen LogP contribution in [0.25, 0.3) is 0 Å². The molecule has 1 radical (unpaired) electrons. The normalized spacial score (nSPS) is 23.2. The first kappa shape index (κ1) is 10.4. The average molecular weight is 209 g/mol. The van der Waals surface area contributed by atoms with Crippen molar-refractivity contribution >= 4 is 11.9 Å². The van der Waals surface area contributed by atoms with Crippen LogP contribution in [0.1, 0.15) is 12.8 Å². The third-order valence-electron chi connectivity index (χ3n) is 1.47. The summed E-state index contributed by atoms with van der Waals surface area (Å²) in [6, 6.07) is -1.03. The molecule has 0 bridgehead atoms. The van der Waals surface area contributed by atoms with E-state index in [0.29, 0.717) is 0 Å². The van der Waals surface area contributed by atoms with Gasteiger partial charge in [0.05, 0.1) is 0 Å². The third kappa shape index (κ3) is 1.92. The summed E-state index contributed by atoms with van der Waals surface area (Å²) >= 11 is 0. The van der Waals surface area contributed by atoms with Crippen molar-refractivity contribution in [3.05, 3.63) is 0 Å². The van der Waals surface area contributed by atoms with E-state index in [1.807, 2.05) is 0 Å². The fraction of sp³-hybridized carbons (Fsp3) is 0.600. The molecule has 6 heteroatoms. The maximum atomic E-state index is 10.5. The second kappa shape index (κ2) is 3.71. The van der Waals surface area contributed by atoms with Gasteiger partial charge in [-0.2, -0.15) is 0 Å². The molecule has 1 atom stereocenters. The summed E-state index contributed by atoms with van der Waals surface area (Å²) in [7, 11) is 0. The van der Waals surface area contributed by atoms with Gasteiger partial charge in [-0.25, -0.2) is 9.86 Å². The molecule has 0 unspecified atom stereocenters. The Hall–Kier alpha value is -0.581. The molecule has 1 aliphatic rings. The summed E-state index contributed by atoms with van der Waals surface area (Å²) < 4.78 is 0. The molecule has 0 aromatic heterocycles. The van der Waals surface area contributed by atoms with Crippen LogP contribution in [0.15, 0.2) is 0 Å². The number of hydroxylamine groups is 2. The predicted octanol–water partition coefficient (Wildman–Crippen LogP) is -0.551. The molecular formula is C5H7CuNO4. The number of nitrogens with zero attached hydrogens (tertiary/aromatic N) is 1. The summed E-state index contributed by atoms with van der Waals surface area (Å²) in [5.74, 6) is -1.68. The fourth-order valence-electron chi connectivity index (χ4n) is 0.899. The molecule has 11 heavy (non-hydrogen) atoms. The van der Waals surface area contributed by atoms with Crippen molar-refractivity contribution in [2.75, 3.05) is 0 Å². The zero-order valence-corrected chi connectivity index (χ0v) is 6.39. The third-order valence-corrected chi connectivity index (χ3v) is 1.47. The fourth-order valence-corrected chi connectivity index (χ4v) is 0.899.